The van der Waals surface area contributed by atoms with Gasteiger partial charge in [-0.3, -0.25) is 9.59 Å². The molecule has 1 atom stereocenters. The molecule has 5 nitrogen and oxygen atoms in total. The van der Waals surface area contributed by atoms with E-state index in [1.165, 1.54) is 12.8 Å². The van der Waals surface area contributed by atoms with Crippen LogP contribution in [0.4, 0.5) is 0 Å². The monoisotopic (exact) mass is 317 g/mol. The molecule has 0 saturated carbocycles. The Balaban J connectivity index is 1.81. The number of nitrogens with two attached hydrogens (primary N) is 1. The Morgan fingerprint density at radius 2 is 1.74 bits per heavy atom. The fraction of sp³-hybridized carbons (Fsp3) is 0.556. The van der Waals surface area contributed by atoms with E-state index >= 15 is 0 Å². The van der Waals surface area contributed by atoms with Gasteiger partial charge in [0.25, 0.3) is 0 Å². The highest BCUT2D eigenvalue weighted by atomic mass is 16.2. The lowest BCUT2D eigenvalue weighted by Gasteiger charge is -2.25. The van der Waals surface area contributed by atoms with Crippen molar-refractivity contribution in [3.05, 3.63) is 35.9 Å². The van der Waals surface area contributed by atoms with E-state index in [1.807, 2.05) is 35.2 Å². The van der Waals surface area contributed by atoms with Gasteiger partial charge in [-0.15, -0.1) is 0 Å². The Morgan fingerprint density at radius 3 is 2.35 bits per heavy atom. The van der Waals surface area contributed by atoms with Gasteiger partial charge in [0.1, 0.15) is 5.54 Å². The van der Waals surface area contributed by atoms with E-state index in [2.05, 4.69) is 5.32 Å². The molecule has 1 aromatic carbocycles. The molecular formula is C18H27N3O2. The number of rotatable bonds is 5. The third kappa shape index (κ3) is 4.79. The number of benzene rings is 1. The van der Waals surface area contributed by atoms with Crippen molar-refractivity contribution in [2.24, 2.45) is 5.73 Å². The second kappa shape index (κ2) is 8.11. The minimum absolute atomic E-state index is 0.116. The minimum Gasteiger partial charge on any atom is -0.354 e. The van der Waals surface area contributed by atoms with Gasteiger partial charge in [-0.1, -0.05) is 43.2 Å². The molecule has 1 heterocycles. The third-order valence-corrected chi connectivity index (χ3v) is 4.43. The highest BCUT2D eigenvalue weighted by Gasteiger charge is 2.30. The topological polar surface area (TPSA) is 75.4 Å². The maximum atomic E-state index is 12.3. The molecule has 0 aromatic heterocycles. The maximum absolute atomic E-state index is 12.3. The van der Waals surface area contributed by atoms with Crippen molar-refractivity contribution in [3.63, 3.8) is 0 Å². The highest BCUT2D eigenvalue weighted by molar-refractivity contribution is 5.87. The summed E-state index contributed by atoms with van der Waals surface area (Å²) in [4.78, 5) is 26.4. The second-order valence-electron chi connectivity index (χ2n) is 6.37. The van der Waals surface area contributed by atoms with Gasteiger partial charge in [-0.25, -0.2) is 0 Å². The quantitative estimate of drug-likeness (QED) is 0.869. The third-order valence-electron chi connectivity index (χ3n) is 4.43. The van der Waals surface area contributed by atoms with E-state index < -0.39 is 5.54 Å². The first kappa shape index (κ1) is 17.5. The Labute approximate surface area is 138 Å². The summed E-state index contributed by atoms with van der Waals surface area (Å²) in [5.41, 5.74) is 5.82. The van der Waals surface area contributed by atoms with Crippen LogP contribution in [-0.4, -0.2) is 36.3 Å². The summed E-state index contributed by atoms with van der Waals surface area (Å²) in [5, 5.41) is 2.80. The average molecular weight is 317 g/mol. The molecular weight excluding hydrogens is 290 g/mol. The van der Waals surface area contributed by atoms with E-state index in [-0.39, 0.29) is 11.8 Å². The molecule has 126 valence electrons. The van der Waals surface area contributed by atoms with Crippen LogP contribution in [0.15, 0.2) is 30.3 Å². The van der Waals surface area contributed by atoms with Crippen LogP contribution in [0.3, 0.4) is 0 Å². The fourth-order valence-electron chi connectivity index (χ4n) is 2.86. The van der Waals surface area contributed by atoms with Crippen molar-refractivity contribution in [1.29, 1.82) is 0 Å². The molecule has 3 N–H and O–H groups in total. The van der Waals surface area contributed by atoms with Gasteiger partial charge < -0.3 is 16.0 Å². The smallest absolute Gasteiger partial charge is 0.244 e. The molecule has 23 heavy (non-hydrogen) atoms. The predicted molar refractivity (Wildman–Crippen MR) is 90.7 cm³/mol. The SMILES string of the molecule is CC(N)(C(=O)NCCC(=O)N1CCCCCC1)c1ccccc1. The van der Waals surface area contributed by atoms with Crippen LogP contribution in [0.1, 0.15) is 44.6 Å². The number of carbonyl (C=O) groups excluding carboxylic acids is 2. The number of carbonyl (C=O) groups is 2. The van der Waals surface area contributed by atoms with Crippen LogP contribution in [0.5, 0.6) is 0 Å². The highest BCUT2D eigenvalue weighted by Crippen LogP contribution is 2.17. The van der Waals surface area contributed by atoms with E-state index in [0.717, 1.165) is 31.5 Å². The zero-order chi connectivity index (χ0) is 16.7. The summed E-state index contributed by atoms with van der Waals surface area (Å²) < 4.78 is 0. The molecule has 1 unspecified atom stereocenters. The van der Waals surface area contributed by atoms with Crippen LogP contribution in [0.2, 0.25) is 0 Å². The predicted octanol–water partition coefficient (Wildman–Crippen LogP) is 1.77. The van der Waals surface area contributed by atoms with Gasteiger partial charge >= 0.3 is 0 Å². The van der Waals surface area contributed by atoms with Crippen LogP contribution in [-0.2, 0) is 15.1 Å². The van der Waals surface area contributed by atoms with E-state index in [4.69, 9.17) is 5.73 Å². The van der Waals surface area contributed by atoms with Crippen molar-refractivity contribution in [3.8, 4) is 0 Å². The molecule has 0 aliphatic carbocycles. The molecule has 1 aromatic rings. The zero-order valence-electron chi connectivity index (χ0n) is 13.9. The Bertz CT molecular complexity index is 520. The lowest BCUT2D eigenvalue weighted by Crippen LogP contribution is -2.49. The lowest BCUT2D eigenvalue weighted by atomic mass is 9.92. The first-order chi connectivity index (χ1) is 11.0. The van der Waals surface area contributed by atoms with Crippen LogP contribution >= 0.6 is 0 Å². The summed E-state index contributed by atoms with van der Waals surface area (Å²) in [6, 6.07) is 9.27. The molecule has 5 heteroatoms. The zero-order valence-corrected chi connectivity index (χ0v) is 13.9. The van der Waals surface area contributed by atoms with Crippen molar-refractivity contribution in [2.45, 2.75) is 44.6 Å². The number of nitrogens with one attached hydrogen (secondary N) is 1. The minimum atomic E-state index is -1.09. The first-order valence-electron chi connectivity index (χ1n) is 8.42. The molecule has 1 saturated heterocycles. The van der Waals surface area contributed by atoms with Crippen molar-refractivity contribution in [1.82, 2.24) is 10.2 Å². The molecule has 0 radical (unpaired) electrons. The van der Waals surface area contributed by atoms with Gasteiger partial charge in [0, 0.05) is 26.1 Å². The van der Waals surface area contributed by atoms with Gasteiger partial charge in [-0.05, 0) is 25.3 Å². The van der Waals surface area contributed by atoms with Crippen molar-refractivity contribution in [2.75, 3.05) is 19.6 Å². The van der Waals surface area contributed by atoms with Crippen LogP contribution < -0.4 is 11.1 Å². The summed E-state index contributed by atoms with van der Waals surface area (Å²) in [6.07, 6.45) is 4.88. The van der Waals surface area contributed by atoms with Crippen LogP contribution in [0, 0.1) is 0 Å². The molecule has 2 rings (SSSR count). The Hall–Kier alpha value is -1.88. The van der Waals surface area contributed by atoms with Gasteiger partial charge in [0.05, 0.1) is 0 Å². The van der Waals surface area contributed by atoms with Gasteiger partial charge in [-0.2, -0.15) is 0 Å². The summed E-state index contributed by atoms with van der Waals surface area (Å²) in [7, 11) is 0. The molecule has 1 fully saturated rings. The van der Waals surface area contributed by atoms with Gasteiger partial charge in [0.2, 0.25) is 11.8 Å². The molecule has 0 bridgehead atoms. The Morgan fingerprint density at radius 1 is 1.13 bits per heavy atom. The van der Waals surface area contributed by atoms with E-state index in [9.17, 15) is 9.59 Å². The second-order valence-corrected chi connectivity index (χ2v) is 6.37. The standard InChI is InChI=1S/C18H27N3O2/c1-18(19,15-9-5-4-6-10-15)17(23)20-12-11-16(22)21-13-7-2-3-8-14-21/h4-6,9-10H,2-3,7-8,11-14,19H2,1H3,(H,20,23). The number of likely N-dealkylation sites (tertiary alicyclic amines) is 1. The number of amides is 2. The van der Waals surface area contributed by atoms with E-state index in [1.54, 1.807) is 6.92 Å². The molecule has 1 aliphatic heterocycles. The molecule has 0 spiro atoms. The molecule has 2 amide bonds. The normalized spacial score (nSPS) is 17.9. The van der Waals surface area contributed by atoms with Crippen LogP contribution in [0.25, 0.3) is 0 Å². The first-order valence-corrected chi connectivity index (χ1v) is 8.42. The number of hydrogen-bond acceptors (Lipinski definition) is 3. The van der Waals surface area contributed by atoms with E-state index in [0.29, 0.717) is 13.0 Å². The Kier molecular flexibility index (Phi) is 6.16. The van der Waals surface area contributed by atoms with Gasteiger partial charge in [0.15, 0.2) is 0 Å². The van der Waals surface area contributed by atoms with Crippen molar-refractivity contribution >= 4 is 11.8 Å². The average Bonchev–Trinajstić information content (AvgIpc) is 2.84. The number of hydrogen-bond donors (Lipinski definition) is 2. The summed E-state index contributed by atoms with van der Waals surface area (Å²) in [5.74, 6) is -0.141. The fourth-order valence-corrected chi connectivity index (χ4v) is 2.86. The number of nitrogens with zero attached hydrogens (tertiary/aromatic N) is 1. The molecule has 1 aliphatic rings. The van der Waals surface area contributed by atoms with Crippen molar-refractivity contribution < 1.29 is 9.59 Å². The largest absolute Gasteiger partial charge is 0.354 e. The maximum Gasteiger partial charge on any atom is 0.244 e. The summed E-state index contributed by atoms with van der Waals surface area (Å²) >= 11 is 0. The summed E-state index contributed by atoms with van der Waals surface area (Å²) in [6.45, 7) is 3.69. The lowest BCUT2D eigenvalue weighted by molar-refractivity contribution is -0.131.